The third-order valence-corrected chi connectivity index (χ3v) is 9.27. The Bertz CT molecular complexity index is 1540. The monoisotopic (exact) mass is 655 g/mol. The number of nitrogens with zero attached hydrogens (tertiary/aromatic N) is 7. The van der Waals surface area contributed by atoms with Crippen LogP contribution < -0.4 is 20.7 Å². The predicted molar refractivity (Wildman–Crippen MR) is 186 cm³/mol. The van der Waals surface area contributed by atoms with E-state index in [2.05, 4.69) is 60.7 Å². The average Bonchev–Trinajstić information content (AvgIpc) is 3.54. The number of piperidine rings is 1. The van der Waals surface area contributed by atoms with E-state index in [1.807, 2.05) is 19.1 Å². The highest BCUT2D eigenvalue weighted by Gasteiger charge is 2.36. The van der Waals surface area contributed by atoms with Gasteiger partial charge in [0.15, 0.2) is 5.84 Å². The lowest BCUT2D eigenvalue weighted by Gasteiger charge is -2.43. The van der Waals surface area contributed by atoms with E-state index in [1.54, 1.807) is 23.1 Å². The predicted octanol–water partition coefficient (Wildman–Crippen LogP) is 2.36. The Morgan fingerprint density at radius 3 is 2.46 bits per heavy atom. The molecular weight excluding hydrogens is 610 g/mol. The highest BCUT2D eigenvalue weighted by molar-refractivity contribution is 6.05. The van der Waals surface area contributed by atoms with E-state index in [-0.39, 0.29) is 23.8 Å². The molecular formula is C35H45N9O4. The molecule has 4 saturated heterocycles. The summed E-state index contributed by atoms with van der Waals surface area (Å²) in [6.07, 6.45) is 2.85. The number of hydrogen-bond acceptors (Lipinski definition) is 9. The summed E-state index contributed by atoms with van der Waals surface area (Å²) in [6.45, 7) is 12.5. The minimum Gasteiger partial charge on any atom is -0.489 e. The van der Waals surface area contributed by atoms with Gasteiger partial charge < -0.3 is 30.3 Å². The number of ether oxygens (including phenoxy) is 2. The molecule has 0 aromatic heterocycles. The molecule has 0 radical (unpaired) electrons. The molecule has 3 atom stereocenters. The van der Waals surface area contributed by atoms with E-state index in [1.165, 1.54) is 19.1 Å². The van der Waals surface area contributed by atoms with Gasteiger partial charge in [-0.05, 0) is 62.7 Å². The van der Waals surface area contributed by atoms with Crippen LogP contribution in [0, 0.1) is 17.2 Å². The number of amides is 2. The molecule has 254 valence electrons. The maximum absolute atomic E-state index is 12.8. The zero-order chi connectivity index (χ0) is 34.0. The average molecular weight is 656 g/mol. The first kappa shape index (κ1) is 34.7. The molecule has 0 spiro atoms. The molecule has 3 N–H and O–H groups in total. The number of nitrogens with one attached hydrogen (secondary N) is 1. The van der Waals surface area contributed by atoms with Crippen molar-refractivity contribution in [1.29, 1.82) is 5.26 Å². The van der Waals surface area contributed by atoms with Crippen LogP contribution in [0.1, 0.15) is 37.3 Å². The molecule has 2 aromatic rings. The first-order chi connectivity index (χ1) is 23.4. The van der Waals surface area contributed by atoms with E-state index in [9.17, 15) is 14.9 Å². The smallest absolute Gasteiger partial charge is 0.245 e. The summed E-state index contributed by atoms with van der Waals surface area (Å²) in [7, 11) is 1.50. The van der Waals surface area contributed by atoms with Crippen molar-refractivity contribution in [2.75, 3.05) is 64.4 Å². The van der Waals surface area contributed by atoms with Crippen LogP contribution in [0.3, 0.4) is 0 Å². The molecule has 2 amide bonds. The highest BCUT2D eigenvalue weighted by atomic mass is 16.5. The Balaban J connectivity index is 0.00000221. The molecule has 0 saturated carbocycles. The molecule has 13 nitrogen and oxygen atoms in total. The Hall–Kier alpha value is -4.64. The maximum atomic E-state index is 12.8. The van der Waals surface area contributed by atoms with Gasteiger partial charge in [0.25, 0.3) is 0 Å². The Morgan fingerprint density at radius 2 is 1.85 bits per heavy atom. The second-order valence-electron chi connectivity index (χ2n) is 12.3. The third kappa shape index (κ3) is 8.25. The molecule has 13 heteroatoms. The Morgan fingerprint density at radius 1 is 1.10 bits per heavy atom. The van der Waals surface area contributed by atoms with Crippen LogP contribution in [-0.2, 0) is 14.3 Å². The zero-order valence-corrected chi connectivity index (χ0v) is 27.8. The largest absolute Gasteiger partial charge is 0.489 e. The topological polar surface area (TPSA) is 161 Å². The highest BCUT2D eigenvalue weighted by Crippen LogP contribution is 2.28. The van der Waals surface area contributed by atoms with E-state index < -0.39 is 6.04 Å². The molecule has 2 aromatic carbocycles. The SMILES string of the molecule is C=NC(=NC=Nc1ccc(N2CCN(C3COC3)CC2)cc1)c1ccc(OC2CCN(C(=O)[C@H]3CCC(=O)N3)C[C@H]2C)c(C#N)c1.CN. The van der Waals surface area contributed by atoms with Crippen molar-refractivity contribution in [3.63, 3.8) is 0 Å². The maximum Gasteiger partial charge on any atom is 0.245 e. The first-order valence-corrected chi connectivity index (χ1v) is 16.5. The zero-order valence-electron chi connectivity index (χ0n) is 27.8. The molecule has 4 aliphatic heterocycles. The summed E-state index contributed by atoms with van der Waals surface area (Å²) in [5.74, 6) is 0.761. The number of hydrogen-bond donors (Lipinski definition) is 2. The molecule has 48 heavy (non-hydrogen) atoms. The molecule has 4 aliphatic rings. The molecule has 4 fully saturated rings. The van der Waals surface area contributed by atoms with Crippen LogP contribution in [0.25, 0.3) is 0 Å². The lowest BCUT2D eigenvalue weighted by Crippen LogP contribution is -2.56. The summed E-state index contributed by atoms with van der Waals surface area (Å²) in [5.41, 5.74) is 7.44. The number of carbonyl (C=O) groups is 2. The van der Waals surface area contributed by atoms with Gasteiger partial charge in [-0.1, -0.05) is 6.92 Å². The fourth-order valence-electron chi connectivity index (χ4n) is 6.43. The normalized spacial score (nSPS) is 23.5. The van der Waals surface area contributed by atoms with Gasteiger partial charge in [-0.15, -0.1) is 0 Å². The van der Waals surface area contributed by atoms with Crippen LogP contribution in [0.4, 0.5) is 11.4 Å². The van der Waals surface area contributed by atoms with Gasteiger partial charge in [-0.25, -0.2) is 15.0 Å². The summed E-state index contributed by atoms with van der Waals surface area (Å²) >= 11 is 0. The summed E-state index contributed by atoms with van der Waals surface area (Å²) < 4.78 is 11.6. The van der Waals surface area contributed by atoms with Gasteiger partial charge in [0.05, 0.1) is 30.5 Å². The molecule has 6 rings (SSSR count). The van der Waals surface area contributed by atoms with Crippen molar-refractivity contribution in [2.24, 2.45) is 26.6 Å². The van der Waals surface area contributed by atoms with Gasteiger partial charge in [-0.2, -0.15) is 5.26 Å². The number of nitrogens with two attached hydrogens (primary N) is 1. The van der Waals surface area contributed by atoms with Gasteiger partial charge in [0, 0.05) is 69.3 Å². The number of carbonyl (C=O) groups excluding carboxylic acids is 2. The van der Waals surface area contributed by atoms with Crippen molar-refractivity contribution in [3.05, 3.63) is 53.6 Å². The number of benzene rings is 2. The van der Waals surface area contributed by atoms with Crippen LogP contribution in [0.2, 0.25) is 0 Å². The van der Waals surface area contributed by atoms with Crippen molar-refractivity contribution >= 4 is 42.1 Å². The van der Waals surface area contributed by atoms with Gasteiger partial charge in [0.2, 0.25) is 11.8 Å². The van der Waals surface area contributed by atoms with Crippen LogP contribution in [-0.4, -0.2) is 118 Å². The summed E-state index contributed by atoms with van der Waals surface area (Å²) in [4.78, 5) is 44.0. The Kier molecular flexibility index (Phi) is 11.9. The van der Waals surface area contributed by atoms with Gasteiger partial charge >= 0.3 is 0 Å². The molecule has 4 heterocycles. The minimum atomic E-state index is -0.431. The number of piperazine rings is 1. The third-order valence-electron chi connectivity index (χ3n) is 9.27. The quantitative estimate of drug-likeness (QED) is 0.324. The fraction of sp³-hybridized carbons (Fsp3) is 0.486. The van der Waals surface area contributed by atoms with E-state index in [0.29, 0.717) is 61.1 Å². The number of amidine groups is 1. The van der Waals surface area contributed by atoms with Crippen LogP contribution >= 0.6 is 0 Å². The first-order valence-electron chi connectivity index (χ1n) is 16.5. The number of likely N-dealkylation sites (tertiary alicyclic amines) is 1. The van der Waals surface area contributed by atoms with Crippen molar-refractivity contribution in [3.8, 4) is 11.8 Å². The number of anilines is 1. The lowest BCUT2D eigenvalue weighted by atomic mass is 9.95. The van der Waals surface area contributed by atoms with E-state index >= 15 is 0 Å². The standard InChI is InChI=1S/C34H40N8O4.CH5N/c1-23-19-42(34(44)29-8-10-32(43)39-29)12-11-30(23)46-31-9-3-24(17-25(31)18-35)33(36-2)38-22-37-26-4-6-27(7-5-26)40-13-15-41(16-14-40)28-20-45-21-28;1-2/h3-7,9,17,22-23,28-30H,2,8,10-16,19-21H2,1H3,(H,39,43);2H2,1H3/t23-,29-,30?;/m1./s1. The van der Waals surface area contributed by atoms with Gasteiger partial charge in [-0.3, -0.25) is 14.5 Å². The van der Waals surface area contributed by atoms with E-state index in [0.717, 1.165) is 45.1 Å². The number of aliphatic imine (C=N–C) groups is 3. The number of nitriles is 1. The van der Waals surface area contributed by atoms with Crippen LogP contribution in [0.15, 0.2) is 57.4 Å². The Labute approximate surface area is 282 Å². The van der Waals surface area contributed by atoms with Gasteiger partial charge in [0.1, 0.15) is 30.3 Å². The number of rotatable bonds is 8. The molecule has 0 aliphatic carbocycles. The van der Waals surface area contributed by atoms with E-state index in [4.69, 9.17) is 9.47 Å². The second kappa shape index (κ2) is 16.5. The van der Waals surface area contributed by atoms with Crippen molar-refractivity contribution in [1.82, 2.24) is 15.1 Å². The van der Waals surface area contributed by atoms with Crippen molar-refractivity contribution in [2.45, 2.75) is 44.4 Å². The fourth-order valence-corrected chi connectivity index (χ4v) is 6.43. The minimum absolute atomic E-state index is 0.0352. The molecule has 1 unspecified atom stereocenters. The molecule has 0 bridgehead atoms. The van der Waals surface area contributed by atoms with Crippen molar-refractivity contribution < 1.29 is 19.1 Å². The van der Waals surface area contributed by atoms with Crippen LogP contribution in [0.5, 0.6) is 5.75 Å². The summed E-state index contributed by atoms with van der Waals surface area (Å²) in [6, 6.07) is 15.7. The summed E-state index contributed by atoms with van der Waals surface area (Å²) in [5, 5.41) is 12.7. The second-order valence-corrected chi connectivity index (χ2v) is 12.3. The lowest BCUT2D eigenvalue weighted by molar-refractivity contribution is -0.137.